The van der Waals surface area contributed by atoms with Crippen LogP contribution in [0.15, 0.2) is 129 Å². The van der Waals surface area contributed by atoms with Crippen molar-refractivity contribution >= 4 is 110 Å². The summed E-state index contributed by atoms with van der Waals surface area (Å²) in [5, 5.41) is 60.5. The van der Waals surface area contributed by atoms with Crippen LogP contribution in [-0.2, 0) is 44.7 Å². The van der Waals surface area contributed by atoms with E-state index in [1.54, 1.807) is 0 Å². The molecular formula is C36H27N9O17S3. The predicted molar refractivity (Wildman–Crippen MR) is 221 cm³/mol. The molecule has 6 rings (SSSR count). The molecule has 5 aromatic carbocycles. The molecule has 65 heavy (non-hydrogen) atoms. The highest BCUT2D eigenvalue weighted by Crippen LogP contribution is 2.45. The second-order valence-corrected chi connectivity index (χ2v) is 17.3. The van der Waals surface area contributed by atoms with Gasteiger partial charge < -0.3 is 25.4 Å². The number of aliphatic carboxylic acids is 1. The van der Waals surface area contributed by atoms with E-state index in [-0.39, 0.29) is 50.6 Å². The van der Waals surface area contributed by atoms with Crippen LogP contribution in [0.4, 0.5) is 39.8 Å². The third kappa shape index (κ3) is 10.1. The molecule has 1 atom stereocenters. The lowest BCUT2D eigenvalue weighted by Crippen LogP contribution is -2.33. The Hall–Kier alpha value is -7.96. The number of nitrogens with one attached hydrogen (secondary N) is 1. The van der Waals surface area contributed by atoms with Crippen molar-refractivity contribution in [3.05, 3.63) is 84.4 Å². The summed E-state index contributed by atoms with van der Waals surface area (Å²) >= 11 is 0. The summed E-state index contributed by atoms with van der Waals surface area (Å²) in [5.74, 6) is -5.98. The number of rotatable bonds is 14. The molecule has 0 aliphatic carbocycles. The van der Waals surface area contributed by atoms with E-state index in [9.17, 15) is 73.4 Å². The number of anilines is 2. The van der Waals surface area contributed by atoms with E-state index in [0.29, 0.717) is 11.1 Å². The number of carboxylic acid groups (broad SMARTS) is 2. The Balaban J connectivity index is 1.34. The Labute approximate surface area is 364 Å². The van der Waals surface area contributed by atoms with Crippen molar-refractivity contribution in [3.8, 4) is 11.5 Å². The predicted octanol–water partition coefficient (Wildman–Crippen LogP) is 5.72. The third-order valence-electron chi connectivity index (χ3n) is 8.74. The number of carbonyl (C=O) groups is 4. The number of fused-ring (bicyclic) bond motifs is 1. The Morgan fingerprint density at radius 2 is 1.35 bits per heavy atom. The smallest absolute Gasteiger partial charge is 0.355 e. The van der Waals surface area contributed by atoms with Crippen molar-refractivity contribution in [1.82, 2.24) is 0 Å². The number of phenolic OH excluding ortho intramolecular Hbond substituents is 1. The minimum Gasteiger partial charge on any atom is -0.505 e. The van der Waals surface area contributed by atoms with E-state index < -0.39 is 97.5 Å². The van der Waals surface area contributed by atoms with Gasteiger partial charge in [-0.15, -0.1) is 20.5 Å². The number of hydrogen-bond donors (Lipinski definition) is 7. The molecular weight excluding hydrogens is 927 g/mol. The second kappa shape index (κ2) is 17.7. The molecule has 0 saturated heterocycles. The summed E-state index contributed by atoms with van der Waals surface area (Å²) < 4.78 is 105. The molecule has 0 saturated carbocycles. The summed E-state index contributed by atoms with van der Waals surface area (Å²) in [5.41, 5.74) is -3.38. The number of carboxylic acids is 2. The summed E-state index contributed by atoms with van der Waals surface area (Å²) in [6.07, 6.45) is 0. The molecule has 2 amide bonds. The van der Waals surface area contributed by atoms with Crippen LogP contribution in [0.3, 0.4) is 0 Å². The fourth-order valence-corrected chi connectivity index (χ4v) is 7.43. The van der Waals surface area contributed by atoms with Crippen molar-refractivity contribution in [2.45, 2.75) is 27.7 Å². The summed E-state index contributed by atoms with van der Waals surface area (Å²) in [4.78, 5) is 46.9. The lowest BCUT2D eigenvalue weighted by atomic mass is 10.1. The van der Waals surface area contributed by atoms with E-state index in [4.69, 9.17) is 4.74 Å². The van der Waals surface area contributed by atoms with Gasteiger partial charge >= 0.3 is 11.9 Å². The fraction of sp³-hybridized carbons (Fsp3) is 0.0833. The number of nitrogens with zero attached hydrogens (tertiary/aromatic N) is 8. The second-order valence-electron chi connectivity index (χ2n) is 13.1. The van der Waals surface area contributed by atoms with Gasteiger partial charge in [0.15, 0.2) is 11.5 Å². The molecule has 26 nitrogen and oxygen atoms in total. The topological polar surface area (TPSA) is 403 Å². The zero-order chi connectivity index (χ0) is 47.8. The van der Waals surface area contributed by atoms with Crippen LogP contribution in [-0.4, -0.2) is 96.8 Å². The molecule has 1 aliphatic rings. The number of methoxy groups -OCH3 is 1. The molecule has 0 aromatic heterocycles. The molecule has 1 heterocycles. The molecule has 0 bridgehead atoms. The maximum atomic E-state index is 13.2. The zero-order valence-corrected chi connectivity index (χ0v) is 35.0. The van der Waals surface area contributed by atoms with Gasteiger partial charge in [-0.25, -0.2) is 9.59 Å². The van der Waals surface area contributed by atoms with E-state index in [0.717, 1.165) is 74.7 Å². The minimum atomic E-state index is -5.21. The zero-order valence-electron chi connectivity index (χ0n) is 32.6. The van der Waals surface area contributed by atoms with Gasteiger partial charge in [0.05, 0.1) is 39.5 Å². The maximum Gasteiger partial charge on any atom is 0.355 e. The standard InChI is InChI=1S/C36H27N9O17S3/c1-16(46)37-25-14-27(28(62-2)15-26(25)40-39-24-10-8-21(64(56,57)58)13-23(24)35(49)50)41-42-30-29(65(59,60)61)12-17-11-18(3-9-22(17)33(30)47)38-43-31-32(36(51)52)44-45(34(31)48)19-4-6-20(7-5-19)63(53,54)55/h3-15,31,47H,1-2H3,(H,37,46)(H,49,50)(H,51,52)(H,53,54,55)(H,56,57,58)(H,59,60,61). The largest absolute Gasteiger partial charge is 0.505 e. The first-order valence-corrected chi connectivity index (χ1v) is 21.8. The van der Waals surface area contributed by atoms with Crippen molar-refractivity contribution in [1.29, 1.82) is 0 Å². The van der Waals surface area contributed by atoms with Gasteiger partial charge in [0.1, 0.15) is 33.4 Å². The number of azo groups is 3. The van der Waals surface area contributed by atoms with Crippen LogP contribution in [0.2, 0.25) is 0 Å². The number of hydrogen-bond acceptors (Lipinski definition) is 19. The number of ether oxygens (including phenoxy) is 1. The van der Waals surface area contributed by atoms with Gasteiger partial charge in [-0.1, -0.05) is 0 Å². The normalized spacial score (nSPS) is 14.7. The molecule has 0 spiro atoms. The monoisotopic (exact) mass is 953 g/mol. The highest BCUT2D eigenvalue weighted by atomic mass is 32.2. The van der Waals surface area contributed by atoms with Gasteiger partial charge in [0.2, 0.25) is 11.9 Å². The minimum absolute atomic E-state index is 0.0831. The number of hydrazone groups is 1. The molecule has 336 valence electrons. The third-order valence-corrected chi connectivity index (χ3v) is 11.3. The van der Waals surface area contributed by atoms with Crippen LogP contribution in [0, 0.1) is 0 Å². The first-order valence-electron chi connectivity index (χ1n) is 17.5. The van der Waals surface area contributed by atoms with Crippen molar-refractivity contribution in [3.63, 3.8) is 0 Å². The van der Waals surface area contributed by atoms with Gasteiger partial charge in [0.25, 0.3) is 36.3 Å². The van der Waals surface area contributed by atoms with Crippen LogP contribution in [0.1, 0.15) is 17.3 Å². The molecule has 1 unspecified atom stereocenters. The Kier molecular flexibility index (Phi) is 12.6. The van der Waals surface area contributed by atoms with E-state index in [1.807, 2.05) is 0 Å². The van der Waals surface area contributed by atoms with Crippen LogP contribution >= 0.6 is 0 Å². The van der Waals surface area contributed by atoms with Gasteiger partial charge in [-0.2, -0.15) is 45.6 Å². The number of aromatic hydroxyl groups is 1. The molecule has 0 radical (unpaired) electrons. The van der Waals surface area contributed by atoms with Gasteiger partial charge in [0, 0.05) is 18.4 Å². The number of aromatic carboxylic acids is 1. The Bertz CT molecular complexity index is 3340. The highest BCUT2D eigenvalue weighted by Gasteiger charge is 2.41. The highest BCUT2D eigenvalue weighted by molar-refractivity contribution is 7.86. The summed E-state index contributed by atoms with van der Waals surface area (Å²) in [6.45, 7) is 1.12. The number of phenols is 1. The number of amides is 2. The fourth-order valence-electron chi connectivity index (χ4n) is 5.79. The first kappa shape index (κ1) is 46.5. The van der Waals surface area contributed by atoms with Crippen LogP contribution in [0.5, 0.6) is 11.5 Å². The number of carbonyl (C=O) groups excluding carboxylic acids is 2. The quantitative estimate of drug-likeness (QED) is 0.0516. The average molecular weight is 954 g/mol. The van der Waals surface area contributed by atoms with E-state index in [2.05, 4.69) is 41.1 Å². The maximum absolute atomic E-state index is 13.2. The van der Waals surface area contributed by atoms with E-state index >= 15 is 0 Å². The van der Waals surface area contributed by atoms with Crippen molar-refractivity contribution in [2.24, 2.45) is 35.8 Å². The van der Waals surface area contributed by atoms with Crippen LogP contribution in [0.25, 0.3) is 10.8 Å². The average Bonchev–Trinajstić information content (AvgIpc) is 3.56. The lowest BCUT2D eigenvalue weighted by molar-refractivity contribution is -0.130. The first-order chi connectivity index (χ1) is 30.4. The van der Waals surface area contributed by atoms with Gasteiger partial charge in [-0.3, -0.25) is 23.2 Å². The van der Waals surface area contributed by atoms with E-state index in [1.165, 1.54) is 12.1 Å². The molecule has 0 fully saturated rings. The molecule has 7 N–H and O–H groups in total. The summed E-state index contributed by atoms with van der Waals surface area (Å²) in [7, 11) is -13.4. The lowest BCUT2D eigenvalue weighted by Gasteiger charge is -2.12. The van der Waals surface area contributed by atoms with Crippen molar-refractivity contribution in [2.75, 3.05) is 17.4 Å². The molecule has 1 aliphatic heterocycles. The van der Waals surface area contributed by atoms with Gasteiger partial charge in [-0.05, 0) is 78.2 Å². The SMILES string of the molecule is COc1cc(N=Nc2ccc(S(=O)(=O)O)cc2C(=O)O)c(NC(C)=O)cc1N=Nc1c(S(=O)(=O)O)cc2cc(N=NC3C(=O)N(c4ccc(S(=O)(=O)O)cc4)N=C3C(=O)O)ccc2c1O. The Morgan fingerprint density at radius 3 is 1.94 bits per heavy atom. The summed E-state index contributed by atoms with van der Waals surface area (Å²) in [6, 6.07) is 11.4. The molecule has 5 aromatic rings. The Morgan fingerprint density at radius 1 is 0.723 bits per heavy atom. The number of benzene rings is 5. The van der Waals surface area contributed by atoms with Crippen molar-refractivity contribution < 1.29 is 78.1 Å². The van der Waals surface area contributed by atoms with Crippen LogP contribution < -0.4 is 15.1 Å². The molecule has 29 heteroatoms.